The second-order valence-corrected chi connectivity index (χ2v) is 6.15. The summed E-state index contributed by atoms with van der Waals surface area (Å²) in [5.74, 6) is 0.144. The first kappa shape index (κ1) is 20.5. The zero-order valence-electron chi connectivity index (χ0n) is 14.1. The highest BCUT2D eigenvalue weighted by Gasteiger charge is 2.21. The minimum absolute atomic E-state index is 0. The van der Waals surface area contributed by atoms with Crippen molar-refractivity contribution in [3.05, 3.63) is 29.8 Å². The zero-order valence-corrected chi connectivity index (χ0v) is 14.9. The third kappa shape index (κ3) is 6.49. The molecule has 0 unspecified atom stereocenters. The van der Waals surface area contributed by atoms with Crippen molar-refractivity contribution in [2.45, 2.75) is 44.9 Å². The molecule has 0 spiro atoms. The lowest BCUT2D eigenvalue weighted by Gasteiger charge is -2.20. The Kier molecular flexibility index (Phi) is 9.42. The van der Waals surface area contributed by atoms with Gasteiger partial charge in [0.15, 0.2) is 0 Å². The number of carbonyl (C=O) groups excluding carboxylic acids is 2. The molecule has 1 aliphatic carbocycles. The van der Waals surface area contributed by atoms with Gasteiger partial charge in [0.2, 0.25) is 5.91 Å². The van der Waals surface area contributed by atoms with Gasteiger partial charge in [0.05, 0.1) is 0 Å². The maximum Gasteiger partial charge on any atom is 0.251 e. The van der Waals surface area contributed by atoms with E-state index in [-0.39, 0.29) is 30.1 Å². The van der Waals surface area contributed by atoms with Gasteiger partial charge in [-0.3, -0.25) is 9.59 Å². The van der Waals surface area contributed by atoms with Crippen LogP contribution in [-0.4, -0.2) is 24.9 Å². The predicted molar refractivity (Wildman–Crippen MR) is 99.5 cm³/mol. The van der Waals surface area contributed by atoms with E-state index in [1.165, 1.54) is 6.42 Å². The number of hydrogen-bond donors (Lipinski definition) is 3. The number of nitrogens with one attached hydrogen (secondary N) is 2. The Labute approximate surface area is 150 Å². The molecule has 1 aliphatic rings. The number of hydrogen-bond acceptors (Lipinski definition) is 3. The van der Waals surface area contributed by atoms with Crippen LogP contribution in [0.3, 0.4) is 0 Å². The van der Waals surface area contributed by atoms with E-state index in [0.29, 0.717) is 18.7 Å². The van der Waals surface area contributed by atoms with Crippen LogP contribution in [0, 0.1) is 5.92 Å². The molecule has 1 saturated carbocycles. The molecule has 0 heterocycles. The van der Waals surface area contributed by atoms with Crippen LogP contribution >= 0.6 is 12.4 Å². The molecule has 5 nitrogen and oxygen atoms in total. The monoisotopic (exact) mass is 353 g/mol. The van der Waals surface area contributed by atoms with Crippen LogP contribution in [0.2, 0.25) is 0 Å². The quantitative estimate of drug-likeness (QED) is 0.658. The summed E-state index contributed by atoms with van der Waals surface area (Å²) in [5.41, 5.74) is 6.77. The van der Waals surface area contributed by atoms with Crippen LogP contribution in [0.5, 0.6) is 0 Å². The van der Waals surface area contributed by atoms with Crippen LogP contribution in [0.1, 0.15) is 55.3 Å². The van der Waals surface area contributed by atoms with Crippen molar-refractivity contribution in [3.8, 4) is 0 Å². The normalized spacial score (nSPS) is 14.5. The van der Waals surface area contributed by atoms with Crippen molar-refractivity contribution in [1.29, 1.82) is 0 Å². The SMILES string of the molecule is Cl.NCCCCNC(=O)c1ccc(NC(=O)C2CCCCC2)cc1. The summed E-state index contributed by atoms with van der Waals surface area (Å²) in [4.78, 5) is 24.1. The Balaban J connectivity index is 0.00000288. The summed E-state index contributed by atoms with van der Waals surface area (Å²) in [7, 11) is 0. The molecule has 134 valence electrons. The molecular formula is C18H28ClN3O2. The van der Waals surface area contributed by atoms with Crippen molar-refractivity contribution in [2.75, 3.05) is 18.4 Å². The lowest BCUT2D eigenvalue weighted by atomic mass is 9.88. The van der Waals surface area contributed by atoms with E-state index in [9.17, 15) is 9.59 Å². The molecule has 0 saturated heterocycles. The number of nitrogens with two attached hydrogens (primary N) is 1. The second-order valence-electron chi connectivity index (χ2n) is 6.15. The molecule has 0 radical (unpaired) electrons. The molecule has 1 fully saturated rings. The van der Waals surface area contributed by atoms with Crippen LogP contribution in [0.4, 0.5) is 5.69 Å². The zero-order chi connectivity index (χ0) is 16.5. The number of amides is 2. The van der Waals surface area contributed by atoms with Crippen LogP contribution in [0.15, 0.2) is 24.3 Å². The maximum atomic E-state index is 12.2. The Morgan fingerprint density at radius 2 is 1.71 bits per heavy atom. The van der Waals surface area contributed by atoms with Gasteiger partial charge in [0.1, 0.15) is 0 Å². The van der Waals surface area contributed by atoms with E-state index in [0.717, 1.165) is 44.2 Å². The topological polar surface area (TPSA) is 84.2 Å². The molecule has 1 aromatic rings. The highest BCUT2D eigenvalue weighted by atomic mass is 35.5. The van der Waals surface area contributed by atoms with Crippen molar-refractivity contribution >= 4 is 29.9 Å². The first-order chi connectivity index (χ1) is 11.2. The highest BCUT2D eigenvalue weighted by molar-refractivity contribution is 5.96. The van der Waals surface area contributed by atoms with Crippen LogP contribution < -0.4 is 16.4 Å². The molecule has 1 aromatic carbocycles. The molecule has 2 amide bonds. The van der Waals surface area contributed by atoms with Gasteiger partial charge < -0.3 is 16.4 Å². The first-order valence-corrected chi connectivity index (χ1v) is 8.60. The van der Waals surface area contributed by atoms with Crippen molar-refractivity contribution < 1.29 is 9.59 Å². The second kappa shape index (κ2) is 11.0. The maximum absolute atomic E-state index is 12.2. The van der Waals surface area contributed by atoms with Gasteiger partial charge in [-0.1, -0.05) is 19.3 Å². The molecule has 2 rings (SSSR count). The third-order valence-corrected chi connectivity index (χ3v) is 4.31. The minimum atomic E-state index is -0.0906. The molecule has 0 aliphatic heterocycles. The number of benzene rings is 1. The molecule has 6 heteroatoms. The van der Waals surface area contributed by atoms with Crippen LogP contribution in [0.25, 0.3) is 0 Å². The van der Waals surface area contributed by atoms with E-state index < -0.39 is 0 Å². The van der Waals surface area contributed by atoms with E-state index in [4.69, 9.17) is 5.73 Å². The summed E-state index contributed by atoms with van der Waals surface area (Å²) in [6.07, 6.45) is 7.27. The van der Waals surface area contributed by atoms with Gasteiger partial charge in [-0.25, -0.2) is 0 Å². The minimum Gasteiger partial charge on any atom is -0.352 e. The molecule has 0 aromatic heterocycles. The summed E-state index contributed by atoms with van der Waals surface area (Å²) in [6.45, 7) is 1.28. The lowest BCUT2D eigenvalue weighted by molar-refractivity contribution is -0.120. The Hall–Kier alpha value is -1.59. The smallest absolute Gasteiger partial charge is 0.251 e. The predicted octanol–water partition coefficient (Wildman–Crippen LogP) is 3.10. The summed E-state index contributed by atoms with van der Waals surface area (Å²) in [5, 5.41) is 5.82. The van der Waals surface area contributed by atoms with Gasteiger partial charge in [-0.05, 0) is 56.5 Å². The number of unbranched alkanes of at least 4 members (excludes halogenated alkanes) is 1. The fraction of sp³-hybridized carbons (Fsp3) is 0.556. The first-order valence-electron chi connectivity index (χ1n) is 8.60. The van der Waals surface area contributed by atoms with Crippen molar-refractivity contribution in [3.63, 3.8) is 0 Å². The highest BCUT2D eigenvalue weighted by Crippen LogP contribution is 2.25. The van der Waals surface area contributed by atoms with E-state index >= 15 is 0 Å². The molecule has 0 bridgehead atoms. The summed E-state index contributed by atoms with van der Waals surface area (Å²) in [6, 6.07) is 7.06. The van der Waals surface area contributed by atoms with Crippen molar-refractivity contribution in [1.82, 2.24) is 5.32 Å². The van der Waals surface area contributed by atoms with Gasteiger partial charge in [-0.2, -0.15) is 0 Å². The standard InChI is InChI=1S/C18H27N3O2.ClH/c19-12-4-5-13-20-17(22)15-8-10-16(11-9-15)21-18(23)14-6-2-1-3-7-14;/h8-11,14H,1-7,12-13,19H2,(H,20,22)(H,21,23);1H. The van der Waals surface area contributed by atoms with E-state index in [1.807, 2.05) is 0 Å². The Morgan fingerprint density at radius 1 is 1.04 bits per heavy atom. The third-order valence-electron chi connectivity index (χ3n) is 4.31. The number of anilines is 1. The number of halogens is 1. The van der Waals surface area contributed by atoms with Gasteiger partial charge in [-0.15, -0.1) is 12.4 Å². The molecule has 0 atom stereocenters. The number of carbonyl (C=O) groups is 2. The molecular weight excluding hydrogens is 326 g/mol. The van der Waals surface area contributed by atoms with Gasteiger partial charge in [0, 0.05) is 23.7 Å². The molecule has 24 heavy (non-hydrogen) atoms. The Morgan fingerprint density at radius 3 is 2.33 bits per heavy atom. The Bertz CT molecular complexity index is 514. The van der Waals surface area contributed by atoms with E-state index in [2.05, 4.69) is 10.6 Å². The van der Waals surface area contributed by atoms with Gasteiger partial charge in [0.25, 0.3) is 5.91 Å². The number of rotatable bonds is 7. The van der Waals surface area contributed by atoms with Gasteiger partial charge >= 0.3 is 0 Å². The summed E-state index contributed by atoms with van der Waals surface area (Å²) < 4.78 is 0. The van der Waals surface area contributed by atoms with Crippen molar-refractivity contribution in [2.24, 2.45) is 11.7 Å². The average molecular weight is 354 g/mol. The largest absolute Gasteiger partial charge is 0.352 e. The molecule has 4 N–H and O–H groups in total. The van der Waals surface area contributed by atoms with Crippen LogP contribution in [-0.2, 0) is 4.79 Å². The summed E-state index contributed by atoms with van der Waals surface area (Å²) >= 11 is 0. The average Bonchev–Trinajstić information content (AvgIpc) is 2.60. The fourth-order valence-electron chi connectivity index (χ4n) is 2.89. The van der Waals surface area contributed by atoms with E-state index in [1.54, 1.807) is 24.3 Å². The fourth-order valence-corrected chi connectivity index (χ4v) is 2.89. The lowest BCUT2D eigenvalue weighted by Crippen LogP contribution is -2.25.